The topological polar surface area (TPSA) is 102 Å². The Kier molecular flexibility index (Phi) is 5.12. The predicted octanol–water partition coefficient (Wildman–Crippen LogP) is 1.39. The van der Waals surface area contributed by atoms with E-state index in [1.54, 1.807) is 20.8 Å². The summed E-state index contributed by atoms with van der Waals surface area (Å²) in [5, 5.41) is 11.6. The maximum Gasteiger partial charge on any atom is 0.408 e. The minimum absolute atomic E-state index is 0.0883. The van der Waals surface area contributed by atoms with Crippen molar-refractivity contribution in [1.29, 1.82) is 0 Å². The van der Waals surface area contributed by atoms with Crippen LogP contribution in [-0.2, 0) is 19.1 Å². The molecule has 2 atom stereocenters. The van der Waals surface area contributed by atoms with E-state index in [2.05, 4.69) is 5.32 Å². The normalized spacial score (nSPS) is 21.2. The monoisotopic (exact) mass is 297 g/mol. The lowest BCUT2D eigenvalue weighted by Gasteiger charge is -2.29. The summed E-state index contributed by atoms with van der Waals surface area (Å²) in [5.41, 5.74) is -0.812. The summed E-state index contributed by atoms with van der Waals surface area (Å²) in [4.78, 5) is 34.1. The average Bonchev–Trinajstić information content (AvgIpc) is 2.27. The number of carbonyl (C=O) groups excluding carboxylic acids is 2. The van der Waals surface area contributed by atoms with E-state index in [9.17, 15) is 19.5 Å². The second kappa shape index (κ2) is 6.43. The van der Waals surface area contributed by atoms with E-state index in [0.717, 1.165) is 0 Å². The lowest BCUT2D eigenvalue weighted by molar-refractivity contribution is -0.146. The van der Waals surface area contributed by atoms with Gasteiger partial charge in [-0.15, -0.1) is 0 Å². The summed E-state index contributed by atoms with van der Waals surface area (Å²) in [6, 6.07) is -1.01. The van der Waals surface area contributed by atoms with Crippen molar-refractivity contribution in [2.24, 2.45) is 0 Å². The summed E-state index contributed by atoms with van der Waals surface area (Å²) < 4.78 is 10.1. The fraction of sp³-hybridized carbons (Fsp3) is 0.500. The van der Waals surface area contributed by atoms with Crippen LogP contribution < -0.4 is 5.32 Å². The standard InChI is InChI=1S/C14H19NO6/c1-8(16)20-10-7-5-6-9(12(17)18)11(10)15-13(19)21-14(2,3)4/h5-7,10-11H,1-4H3,(H,15,19)(H,17,18)/t10-,11+/m0/s1. The third kappa shape index (κ3) is 5.29. The Morgan fingerprint density at radius 1 is 1.29 bits per heavy atom. The van der Waals surface area contributed by atoms with Gasteiger partial charge in [-0.3, -0.25) is 4.79 Å². The number of hydrogen-bond donors (Lipinski definition) is 2. The summed E-state index contributed by atoms with van der Waals surface area (Å²) >= 11 is 0. The molecule has 0 aromatic heterocycles. The highest BCUT2D eigenvalue weighted by atomic mass is 16.6. The van der Waals surface area contributed by atoms with E-state index < -0.39 is 35.8 Å². The van der Waals surface area contributed by atoms with Crippen LogP contribution in [0.2, 0.25) is 0 Å². The van der Waals surface area contributed by atoms with Gasteiger partial charge in [-0.25, -0.2) is 9.59 Å². The van der Waals surface area contributed by atoms with Crippen molar-refractivity contribution in [1.82, 2.24) is 5.32 Å². The molecular weight excluding hydrogens is 278 g/mol. The molecule has 116 valence electrons. The van der Waals surface area contributed by atoms with Gasteiger partial charge in [0.25, 0.3) is 0 Å². The maximum absolute atomic E-state index is 11.8. The zero-order chi connectivity index (χ0) is 16.2. The van der Waals surface area contributed by atoms with Crippen molar-refractivity contribution in [3.05, 3.63) is 23.8 Å². The third-order valence-corrected chi connectivity index (χ3v) is 2.46. The Morgan fingerprint density at radius 2 is 1.90 bits per heavy atom. The highest BCUT2D eigenvalue weighted by Crippen LogP contribution is 2.18. The van der Waals surface area contributed by atoms with Gasteiger partial charge in [-0.2, -0.15) is 0 Å². The van der Waals surface area contributed by atoms with Gasteiger partial charge in [0, 0.05) is 6.92 Å². The fourth-order valence-electron chi connectivity index (χ4n) is 1.76. The highest BCUT2D eigenvalue weighted by molar-refractivity contribution is 5.90. The number of allylic oxidation sites excluding steroid dienone is 2. The number of carboxylic acids is 1. The minimum atomic E-state index is -1.21. The van der Waals surface area contributed by atoms with Crippen LogP contribution >= 0.6 is 0 Å². The molecule has 0 saturated heterocycles. The molecule has 0 aliphatic heterocycles. The lowest BCUT2D eigenvalue weighted by Crippen LogP contribution is -2.49. The highest BCUT2D eigenvalue weighted by Gasteiger charge is 2.34. The zero-order valence-electron chi connectivity index (χ0n) is 12.4. The number of carbonyl (C=O) groups is 3. The molecule has 0 heterocycles. The SMILES string of the molecule is CC(=O)O[C@H]1C=CC=C(C(=O)O)[C@H]1NC(=O)OC(C)(C)C. The third-order valence-electron chi connectivity index (χ3n) is 2.46. The molecule has 7 heteroatoms. The van der Waals surface area contributed by atoms with E-state index >= 15 is 0 Å². The summed E-state index contributed by atoms with van der Waals surface area (Å²) in [7, 11) is 0. The smallest absolute Gasteiger partial charge is 0.408 e. The molecule has 1 aliphatic rings. The molecule has 0 bridgehead atoms. The largest absolute Gasteiger partial charge is 0.478 e. The van der Waals surface area contributed by atoms with Crippen molar-refractivity contribution in [2.75, 3.05) is 0 Å². The van der Waals surface area contributed by atoms with Gasteiger partial charge in [0.2, 0.25) is 0 Å². The molecule has 7 nitrogen and oxygen atoms in total. The molecule has 0 unspecified atom stereocenters. The number of carboxylic acid groups (broad SMARTS) is 1. The van der Waals surface area contributed by atoms with Crippen LogP contribution in [0.5, 0.6) is 0 Å². The van der Waals surface area contributed by atoms with Crippen LogP contribution in [0.3, 0.4) is 0 Å². The number of rotatable bonds is 3. The van der Waals surface area contributed by atoms with Crippen LogP contribution in [0.25, 0.3) is 0 Å². The summed E-state index contributed by atoms with van der Waals surface area (Å²) in [6.07, 6.45) is 2.61. The number of hydrogen-bond acceptors (Lipinski definition) is 5. The first-order chi connectivity index (χ1) is 9.60. The molecule has 21 heavy (non-hydrogen) atoms. The van der Waals surface area contributed by atoms with Crippen LogP contribution in [-0.4, -0.2) is 40.9 Å². The Bertz CT molecular complexity index is 500. The molecule has 0 aromatic rings. The molecule has 1 amide bonds. The number of nitrogens with one attached hydrogen (secondary N) is 1. The molecule has 0 aromatic carbocycles. The van der Waals surface area contributed by atoms with Gasteiger partial charge >= 0.3 is 18.0 Å². The van der Waals surface area contributed by atoms with Crippen LogP contribution in [0.4, 0.5) is 4.79 Å². The second-order valence-electron chi connectivity index (χ2n) is 5.51. The Balaban J connectivity index is 2.91. The van der Waals surface area contributed by atoms with Crippen molar-refractivity contribution in [3.63, 3.8) is 0 Å². The van der Waals surface area contributed by atoms with Crippen LogP contribution in [0, 0.1) is 0 Å². The van der Waals surface area contributed by atoms with Gasteiger partial charge in [-0.1, -0.05) is 6.08 Å². The van der Waals surface area contributed by atoms with Crippen molar-refractivity contribution >= 4 is 18.0 Å². The molecule has 0 radical (unpaired) electrons. The Hall–Kier alpha value is -2.31. The molecule has 1 rings (SSSR count). The number of aliphatic carboxylic acids is 1. The average molecular weight is 297 g/mol. The molecule has 0 fully saturated rings. The summed E-state index contributed by atoms with van der Waals surface area (Å²) in [6.45, 7) is 6.26. The van der Waals surface area contributed by atoms with Gasteiger partial charge in [-0.05, 0) is 32.9 Å². The minimum Gasteiger partial charge on any atom is -0.478 e. The van der Waals surface area contributed by atoms with Gasteiger partial charge < -0.3 is 19.9 Å². The van der Waals surface area contributed by atoms with E-state index in [1.807, 2.05) is 0 Å². The number of alkyl carbamates (subject to hydrolysis) is 1. The summed E-state index contributed by atoms with van der Waals surface area (Å²) in [5.74, 6) is -1.79. The fourth-order valence-corrected chi connectivity index (χ4v) is 1.76. The Morgan fingerprint density at radius 3 is 2.38 bits per heavy atom. The second-order valence-corrected chi connectivity index (χ2v) is 5.51. The van der Waals surface area contributed by atoms with Crippen LogP contribution in [0.15, 0.2) is 23.8 Å². The van der Waals surface area contributed by atoms with E-state index in [4.69, 9.17) is 9.47 Å². The van der Waals surface area contributed by atoms with Gasteiger partial charge in [0.05, 0.1) is 5.57 Å². The molecular formula is C14H19NO6. The van der Waals surface area contributed by atoms with E-state index in [-0.39, 0.29) is 5.57 Å². The maximum atomic E-state index is 11.8. The number of ether oxygens (including phenoxy) is 2. The molecule has 2 N–H and O–H groups in total. The van der Waals surface area contributed by atoms with Crippen LogP contribution in [0.1, 0.15) is 27.7 Å². The first-order valence-electron chi connectivity index (χ1n) is 6.38. The quantitative estimate of drug-likeness (QED) is 0.763. The van der Waals surface area contributed by atoms with E-state index in [1.165, 1.54) is 25.2 Å². The first kappa shape index (κ1) is 16.7. The molecule has 0 spiro atoms. The first-order valence-corrected chi connectivity index (χ1v) is 6.38. The number of amides is 1. The van der Waals surface area contributed by atoms with E-state index in [0.29, 0.717) is 0 Å². The number of esters is 1. The van der Waals surface area contributed by atoms with Crippen molar-refractivity contribution in [2.45, 2.75) is 45.4 Å². The van der Waals surface area contributed by atoms with Gasteiger partial charge in [0.15, 0.2) is 0 Å². The van der Waals surface area contributed by atoms with Crippen molar-refractivity contribution in [3.8, 4) is 0 Å². The lowest BCUT2D eigenvalue weighted by atomic mass is 9.96. The van der Waals surface area contributed by atoms with Gasteiger partial charge in [0.1, 0.15) is 17.7 Å². The van der Waals surface area contributed by atoms with Crippen molar-refractivity contribution < 1.29 is 29.0 Å². The Labute approximate surface area is 122 Å². The molecule has 1 aliphatic carbocycles. The predicted molar refractivity (Wildman–Crippen MR) is 73.6 cm³/mol. The zero-order valence-corrected chi connectivity index (χ0v) is 12.4. The molecule has 0 saturated carbocycles.